The predicted molar refractivity (Wildman–Crippen MR) is 106 cm³/mol. The molecule has 3 aromatic rings. The molecule has 0 atom stereocenters. The highest BCUT2D eigenvalue weighted by atomic mass is 35.5. The monoisotopic (exact) mass is 413 g/mol. The first kappa shape index (κ1) is 21.5. The second-order valence-corrected chi connectivity index (χ2v) is 5.61. The van der Waals surface area contributed by atoms with Crippen LogP contribution in [0.4, 0.5) is 5.69 Å². The minimum atomic E-state index is -0.688. The van der Waals surface area contributed by atoms with E-state index < -0.39 is 11.9 Å². The van der Waals surface area contributed by atoms with Crippen molar-refractivity contribution < 1.29 is 23.9 Å². The van der Waals surface area contributed by atoms with Gasteiger partial charge in [-0.15, -0.1) is 12.4 Å². The number of carbonyl (C=O) groups is 3. The number of anilines is 1. The summed E-state index contributed by atoms with van der Waals surface area (Å²) >= 11 is 0. The Hall–Kier alpha value is -3.78. The van der Waals surface area contributed by atoms with E-state index in [2.05, 4.69) is 15.3 Å². The molecule has 148 valence electrons. The first-order valence-corrected chi connectivity index (χ1v) is 8.19. The van der Waals surface area contributed by atoms with Gasteiger partial charge in [-0.25, -0.2) is 9.59 Å². The molecule has 0 bridgehead atoms. The molecule has 3 rings (SSSR count). The number of hydrogen-bond acceptors (Lipinski definition) is 7. The molecular weight excluding hydrogens is 398 g/mol. The average Bonchev–Trinajstić information content (AvgIpc) is 2.70. The zero-order valence-corrected chi connectivity index (χ0v) is 16.0. The van der Waals surface area contributed by atoms with Gasteiger partial charge in [0, 0.05) is 43.5 Å². The molecule has 9 heteroatoms. The van der Waals surface area contributed by atoms with Crippen molar-refractivity contribution in [1.29, 1.82) is 0 Å². The van der Waals surface area contributed by atoms with E-state index in [0.29, 0.717) is 5.69 Å². The van der Waals surface area contributed by atoms with Crippen molar-refractivity contribution >= 4 is 35.9 Å². The van der Waals surface area contributed by atoms with Crippen molar-refractivity contribution in [2.75, 3.05) is 5.32 Å². The maximum Gasteiger partial charge on any atom is 0.345 e. The van der Waals surface area contributed by atoms with Gasteiger partial charge in [0.05, 0.1) is 11.1 Å². The van der Waals surface area contributed by atoms with Crippen LogP contribution in [0.5, 0.6) is 11.5 Å². The molecule has 0 fully saturated rings. The quantitative estimate of drug-likeness (QED) is 0.505. The number of halogens is 1. The number of ether oxygens (including phenoxy) is 2. The molecule has 0 saturated heterocycles. The number of nitrogens with zero attached hydrogens (tertiary/aromatic N) is 2. The Bertz CT molecular complexity index is 1010. The third kappa shape index (κ3) is 5.85. The molecule has 0 aliphatic carbocycles. The minimum Gasteiger partial charge on any atom is -0.419 e. The van der Waals surface area contributed by atoms with Crippen LogP contribution in [-0.2, 0) is 4.79 Å². The molecule has 0 aliphatic heterocycles. The number of nitrogens with one attached hydrogen (secondary N) is 1. The van der Waals surface area contributed by atoms with E-state index in [0.717, 1.165) is 0 Å². The summed E-state index contributed by atoms with van der Waals surface area (Å²) in [6, 6.07) is 10.6. The van der Waals surface area contributed by atoms with E-state index in [4.69, 9.17) is 9.47 Å². The van der Waals surface area contributed by atoms with Crippen LogP contribution in [0, 0.1) is 0 Å². The lowest BCUT2D eigenvalue weighted by Crippen LogP contribution is -2.13. The third-order valence-electron chi connectivity index (χ3n) is 3.46. The minimum absolute atomic E-state index is 0. The molecule has 0 radical (unpaired) electrons. The van der Waals surface area contributed by atoms with Gasteiger partial charge in [0.2, 0.25) is 5.91 Å². The maximum atomic E-state index is 12.4. The maximum absolute atomic E-state index is 12.4. The fourth-order valence-corrected chi connectivity index (χ4v) is 2.24. The Morgan fingerprint density at radius 3 is 1.86 bits per heavy atom. The first-order chi connectivity index (χ1) is 13.5. The summed E-state index contributed by atoms with van der Waals surface area (Å²) in [6.45, 7) is 1.34. The van der Waals surface area contributed by atoms with E-state index in [-0.39, 0.29) is 40.9 Å². The second kappa shape index (κ2) is 9.95. The summed E-state index contributed by atoms with van der Waals surface area (Å²) < 4.78 is 10.7. The molecule has 1 amide bonds. The summed E-state index contributed by atoms with van der Waals surface area (Å²) in [6.07, 6.45) is 5.76. The summed E-state index contributed by atoms with van der Waals surface area (Å²) in [4.78, 5) is 43.7. The normalized spacial score (nSPS) is 9.69. The standard InChI is InChI=1S/C20H15N3O5.ClH/c1-13(24)23-16-6-7-17(27-19(25)14-4-2-8-21-11-14)18(10-16)28-20(26)15-5-3-9-22-12-15;/h2-12H,1H3,(H,23,24);1H. The Morgan fingerprint density at radius 2 is 1.38 bits per heavy atom. The molecule has 1 aromatic carbocycles. The molecule has 2 heterocycles. The van der Waals surface area contributed by atoms with Crippen molar-refractivity contribution in [1.82, 2.24) is 9.97 Å². The van der Waals surface area contributed by atoms with Gasteiger partial charge in [-0.3, -0.25) is 14.8 Å². The van der Waals surface area contributed by atoms with Gasteiger partial charge in [-0.05, 0) is 36.4 Å². The topological polar surface area (TPSA) is 107 Å². The lowest BCUT2D eigenvalue weighted by Gasteiger charge is -2.12. The van der Waals surface area contributed by atoms with E-state index in [9.17, 15) is 14.4 Å². The number of aromatic nitrogens is 2. The van der Waals surface area contributed by atoms with Crippen LogP contribution in [-0.4, -0.2) is 27.8 Å². The van der Waals surface area contributed by atoms with E-state index >= 15 is 0 Å². The number of hydrogen-bond donors (Lipinski definition) is 1. The number of esters is 2. The average molecular weight is 414 g/mol. The Balaban J connectivity index is 0.00000300. The molecule has 2 aromatic heterocycles. The smallest absolute Gasteiger partial charge is 0.345 e. The van der Waals surface area contributed by atoms with Crippen molar-refractivity contribution in [2.45, 2.75) is 6.92 Å². The summed E-state index contributed by atoms with van der Waals surface area (Å²) in [5.74, 6) is -1.67. The largest absolute Gasteiger partial charge is 0.419 e. The van der Waals surface area contributed by atoms with Gasteiger partial charge in [0.1, 0.15) is 0 Å². The van der Waals surface area contributed by atoms with Gasteiger partial charge in [-0.2, -0.15) is 0 Å². The van der Waals surface area contributed by atoms with Gasteiger partial charge >= 0.3 is 11.9 Å². The van der Waals surface area contributed by atoms with Crippen molar-refractivity contribution in [3.63, 3.8) is 0 Å². The number of carbonyl (C=O) groups excluding carboxylic acids is 3. The highest BCUT2D eigenvalue weighted by Crippen LogP contribution is 2.32. The molecule has 1 N–H and O–H groups in total. The fraction of sp³-hybridized carbons (Fsp3) is 0.0500. The Kier molecular flexibility index (Phi) is 7.39. The molecule has 0 aliphatic rings. The number of amides is 1. The van der Waals surface area contributed by atoms with Crippen LogP contribution in [0.3, 0.4) is 0 Å². The Labute approximate surface area is 172 Å². The van der Waals surface area contributed by atoms with Crippen LogP contribution >= 0.6 is 12.4 Å². The second-order valence-electron chi connectivity index (χ2n) is 5.61. The number of pyridine rings is 2. The van der Waals surface area contributed by atoms with Crippen LogP contribution in [0.2, 0.25) is 0 Å². The number of rotatable bonds is 5. The Morgan fingerprint density at radius 1 is 0.828 bits per heavy atom. The van der Waals surface area contributed by atoms with E-state index in [1.807, 2.05) is 0 Å². The van der Waals surface area contributed by atoms with Crippen molar-refractivity contribution in [3.8, 4) is 11.5 Å². The lowest BCUT2D eigenvalue weighted by molar-refractivity contribution is -0.114. The van der Waals surface area contributed by atoms with Gasteiger partial charge < -0.3 is 14.8 Å². The molecular formula is C20H16ClN3O5. The molecule has 0 spiro atoms. The molecule has 29 heavy (non-hydrogen) atoms. The van der Waals surface area contributed by atoms with Crippen LogP contribution in [0.15, 0.2) is 67.3 Å². The predicted octanol–water partition coefficient (Wildman–Crippen LogP) is 3.30. The van der Waals surface area contributed by atoms with E-state index in [1.165, 1.54) is 56.0 Å². The molecule has 0 unspecified atom stereocenters. The van der Waals surface area contributed by atoms with Crippen molar-refractivity contribution in [3.05, 3.63) is 78.4 Å². The van der Waals surface area contributed by atoms with Gasteiger partial charge in [-0.1, -0.05) is 0 Å². The highest BCUT2D eigenvalue weighted by Gasteiger charge is 2.17. The zero-order valence-electron chi connectivity index (χ0n) is 15.2. The number of benzene rings is 1. The van der Waals surface area contributed by atoms with Crippen LogP contribution in [0.1, 0.15) is 27.6 Å². The zero-order chi connectivity index (χ0) is 19.9. The van der Waals surface area contributed by atoms with Gasteiger partial charge in [0.15, 0.2) is 11.5 Å². The summed E-state index contributed by atoms with van der Waals surface area (Å²) in [5, 5.41) is 2.58. The first-order valence-electron chi connectivity index (χ1n) is 8.19. The van der Waals surface area contributed by atoms with Crippen LogP contribution in [0.25, 0.3) is 0 Å². The molecule has 0 saturated carbocycles. The highest BCUT2D eigenvalue weighted by molar-refractivity contribution is 5.94. The van der Waals surface area contributed by atoms with Crippen molar-refractivity contribution in [2.24, 2.45) is 0 Å². The van der Waals surface area contributed by atoms with Gasteiger partial charge in [0.25, 0.3) is 0 Å². The third-order valence-corrected chi connectivity index (χ3v) is 3.46. The van der Waals surface area contributed by atoms with E-state index in [1.54, 1.807) is 18.2 Å². The summed E-state index contributed by atoms with van der Waals surface area (Å²) in [5.41, 5.74) is 0.831. The molecule has 8 nitrogen and oxygen atoms in total. The van der Waals surface area contributed by atoms with Crippen LogP contribution < -0.4 is 14.8 Å². The lowest BCUT2D eigenvalue weighted by atomic mass is 10.2. The fourth-order valence-electron chi connectivity index (χ4n) is 2.24. The SMILES string of the molecule is CC(=O)Nc1ccc(OC(=O)c2cccnc2)c(OC(=O)c2cccnc2)c1.Cl. The summed E-state index contributed by atoms with van der Waals surface area (Å²) in [7, 11) is 0.